The SMILES string of the molecule is Cc1ccc(N)c(S(=O)(=O)NC(C)(C)C(C)(C)O)c1C. The van der Waals surface area contributed by atoms with Crippen molar-refractivity contribution in [3.05, 3.63) is 23.3 Å². The smallest absolute Gasteiger partial charge is 0.243 e. The maximum absolute atomic E-state index is 12.6. The summed E-state index contributed by atoms with van der Waals surface area (Å²) < 4.78 is 27.7. The summed E-state index contributed by atoms with van der Waals surface area (Å²) in [4.78, 5) is 0.0785. The van der Waals surface area contributed by atoms with Crippen LogP contribution in [0, 0.1) is 13.8 Å². The molecule has 0 radical (unpaired) electrons. The van der Waals surface area contributed by atoms with Gasteiger partial charge in [0.2, 0.25) is 10.0 Å². The van der Waals surface area contributed by atoms with Gasteiger partial charge in [-0.25, -0.2) is 13.1 Å². The van der Waals surface area contributed by atoms with Crippen LogP contribution in [-0.4, -0.2) is 24.7 Å². The minimum atomic E-state index is -3.82. The van der Waals surface area contributed by atoms with E-state index in [0.29, 0.717) is 5.56 Å². The van der Waals surface area contributed by atoms with Gasteiger partial charge >= 0.3 is 0 Å². The fourth-order valence-corrected chi connectivity index (χ4v) is 3.65. The Bertz CT molecular complexity index is 614. The van der Waals surface area contributed by atoms with Crippen molar-refractivity contribution in [2.75, 3.05) is 5.73 Å². The normalized spacial score (nSPS) is 13.6. The lowest BCUT2D eigenvalue weighted by molar-refractivity contribution is 0.00638. The molecule has 114 valence electrons. The molecule has 0 aromatic heterocycles. The van der Waals surface area contributed by atoms with Gasteiger partial charge in [-0.15, -0.1) is 0 Å². The topological polar surface area (TPSA) is 92.4 Å². The second-order valence-electron chi connectivity index (χ2n) is 6.22. The molecule has 1 aromatic rings. The van der Waals surface area contributed by atoms with Gasteiger partial charge in [-0.3, -0.25) is 0 Å². The van der Waals surface area contributed by atoms with Gasteiger partial charge in [0.25, 0.3) is 0 Å². The van der Waals surface area contributed by atoms with Crippen molar-refractivity contribution in [2.45, 2.75) is 57.6 Å². The fraction of sp³-hybridized carbons (Fsp3) is 0.571. The Labute approximate surface area is 121 Å². The van der Waals surface area contributed by atoms with E-state index >= 15 is 0 Å². The Morgan fingerprint density at radius 1 is 1.15 bits per heavy atom. The molecule has 0 saturated carbocycles. The molecule has 6 heteroatoms. The van der Waals surface area contributed by atoms with Crippen LogP contribution < -0.4 is 10.5 Å². The first kappa shape index (κ1) is 16.9. The summed E-state index contributed by atoms with van der Waals surface area (Å²) in [6.07, 6.45) is 0. The summed E-state index contributed by atoms with van der Waals surface area (Å²) in [6.45, 7) is 9.92. The van der Waals surface area contributed by atoms with Crippen molar-refractivity contribution in [3.63, 3.8) is 0 Å². The van der Waals surface area contributed by atoms with Crippen LogP contribution >= 0.6 is 0 Å². The van der Waals surface area contributed by atoms with Crippen LogP contribution in [-0.2, 0) is 10.0 Å². The Kier molecular flexibility index (Phi) is 4.25. The highest BCUT2D eigenvalue weighted by Crippen LogP contribution is 2.29. The van der Waals surface area contributed by atoms with Crippen molar-refractivity contribution in [1.29, 1.82) is 0 Å². The van der Waals surface area contributed by atoms with E-state index in [1.165, 1.54) is 0 Å². The standard InChI is InChI=1S/C14H24N2O3S/c1-9-7-8-11(15)12(10(9)2)20(18,19)16-13(3,4)14(5,6)17/h7-8,16-17H,15H2,1-6H3. The van der Waals surface area contributed by atoms with Crippen LogP contribution in [0.15, 0.2) is 17.0 Å². The summed E-state index contributed by atoms with van der Waals surface area (Å²) in [6, 6.07) is 3.36. The maximum Gasteiger partial charge on any atom is 0.243 e. The zero-order chi connectivity index (χ0) is 15.9. The Hall–Kier alpha value is -1.11. The second-order valence-corrected chi connectivity index (χ2v) is 7.83. The molecule has 0 bridgehead atoms. The Balaban J connectivity index is 3.37. The third-order valence-corrected chi connectivity index (χ3v) is 5.75. The van der Waals surface area contributed by atoms with Gasteiger partial charge in [-0.1, -0.05) is 6.07 Å². The van der Waals surface area contributed by atoms with Gasteiger partial charge in [0, 0.05) is 0 Å². The number of nitrogens with two attached hydrogens (primary N) is 1. The highest BCUT2D eigenvalue weighted by Gasteiger charge is 2.39. The van der Waals surface area contributed by atoms with Gasteiger partial charge in [-0.05, 0) is 58.7 Å². The zero-order valence-corrected chi connectivity index (χ0v) is 13.7. The molecule has 0 atom stereocenters. The number of sulfonamides is 1. The average molecular weight is 300 g/mol. The van der Waals surface area contributed by atoms with Crippen molar-refractivity contribution in [3.8, 4) is 0 Å². The lowest BCUT2D eigenvalue weighted by Crippen LogP contribution is -2.57. The van der Waals surface area contributed by atoms with Crippen LogP contribution in [0.5, 0.6) is 0 Å². The molecule has 1 rings (SSSR count). The van der Waals surface area contributed by atoms with E-state index in [1.54, 1.807) is 46.8 Å². The summed E-state index contributed by atoms with van der Waals surface area (Å²) in [7, 11) is -3.82. The van der Waals surface area contributed by atoms with Crippen LogP contribution in [0.2, 0.25) is 0 Å². The van der Waals surface area contributed by atoms with Crippen LogP contribution in [0.25, 0.3) is 0 Å². The molecule has 0 heterocycles. The average Bonchev–Trinajstić information content (AvgIpc) is 2.20. The first-order chi connectivity index (χ1) is 8.79. The lowest BCUT2D eigenvalue weighted by atomic mass is 9.87. The minimum Gasteiger partial charge on any atom is -0.398 e. The third kappa shape index (κ3) is 3.13. The van der Waals surface area contributed by atoms with Gasteiger partial charge in [-0.2, -0.15) is 0 Å². The highest BCUT2D eigenvalue weighted by molar-refractivity contribution is 7.89. The monoisotopic (exact) mass is 300 g/mol. The number of aliphatic hydroxyl groups is 1. The molecule has 20 heavy (non-hydrogen) atoms. The molecule has 0 amide bonds. The van der Waals surface area contributed by atoms with Gasteiger partial charge in [0.05, 0.1) is 16.8 Å². The first-order valence-corrected chi connectivity index (χ1v) is 7.90. The van der Waals surface area contributed by atoms with Crippen molar-refractivity contribution in [1.82, 2.24) is 4.72 Å². The van der Waals surface area contributed by atoms with Crippen LogP contribution in [0.1, 0.15) is 38.8 Å². The minimum absolute atomic E-state index is 0.0785. The molecule has 0 aliphatic rings. The van der Waals surface area contributed by atoms with Crippen LogP contribution in [0.3, 0.4) is 0 Å². The lowest BCUT2D eigenvalue weighted by Gasteiger charge is -2.37. The van der Waals surface area contributed by atoms with Crippen molar-refractivity contribution in [2.24, 2.45) is 0 Å². The molecule has 5 nitrogen and oxygen atoms in total. The fourth-order valence-electron chi connectivity index (χ4n) is 1.68. The van der Waals surface area contributed by atoms with E-state index < -0.39 is 21.2 Å². The predicted octanol–water partition coefficient (Wildman–Crippen LogP) is 1.71. The van der Waals surface area contributed by atoms with E-state index in [0.717, 1.165) is 5.56 Å². The second kappa shape index (κ2) is 5.02. The number of hydrogen-bond donors (Lipinski definition) is 3. The molecular formula is C14H24N2O3S. The number of benzene rings is 1. The van der Waals surface area contributed by atoms with Gasteiger partial charge in [0.15, 0.2) is 0 Å². The molecule has 0 aliphatic carbocycles. The Morgan fingerprint density at radius 2 is 1.65 bits per heavy atom. The molecule has 0 fully saturated rings. The molecule has 0 aliphatic heterocycles. The first-order valence-electron chi connectivity index (χ1n) is 6.41. The van der Waals surface area contributed by atoms with Gasteiger partial charge < -0.3 is 10.8 Å². The number of hydrogen-bond acceptors (Lipinski definition) is 4. The van der Waals surface area contributed by atoms with E-state index in [1.807, 2.05) is 6.92 Å². The number of anilines is 1. The highest BCUT2D eigenvalue weighted by atomic mass is 32.2. The molecule has 0 spiro atoms. The van der Waals surface area contributed by atoms with E-state index in [9.17, 15) is 13.5 Å². The quantitative estimate of drug-likeness (QED) is 0.738. The third-order valence-electron chi connectivity index (χ3n) is 3.89. The van der Waals surface area contributed by atoms with E-state index in [-0.39, 0.29) is 10.6 Å². The summed E-state index contributed by atoms with van der Waals surface area (Å²) >= 11 is 0. The zero-order valence-electron chi connectivity index (χ0n) is 12.9. The van der Waals surface area contributed by atoms with E-state index in [2.05, 4.69) is 4.72 Å². The van der Waals surface area contributed by atoms with Crippen LogP contribution in [0.4, 0.5) is 5.69 Å². The number of nitrogens with one attached hydrogen (secondary N) is 1. The number of aryl methyl sites for hydroxylation is 1. The molecule has 0 unspecified atom stereocenters. The summed E-state index contributed by atoms with van der Waals surface area (Å²) in [5.74, 6) is 0. The number of rotatable bonds is 4. The largest absolute Gasteiger partial charge is 0.398 e. The molecular weight excluding hydrogens is 276 g/mol. The number of nitrogen functional groups attached to an aromatic ring is 1. The van der Waals surface area contributed by atoms with Gasteiger partial charge in [0.1, 0.15) is 4.90 Å². The predicted molar refractivity (Wildman–Crippen MR) is 81.0 cm³/mol. The summed E-state index contributed by atoms with van der Waals surface area (Å²) in [5.41, 5.74) is 5.24. The Morgan fingerprint density at radius 3 is 2.10 bits per heavy atom. The molecule has 0 saturated heterocycles. The molecule has 4 N–H and O–H groups in total. The summed E-state index contributed by atoms with van der Waals surface area (Å²) in [5, 5.41) is 10.1. The molecule has 1 aromatic carbocycles. The van der Waals surface area contributed by atoms with Crippen molar-refractivity contribution < 1.29 is 13.5 Å². The maximum atomic E-state index is 12.6. The van der Waals surface area contributed by atoms with Crippen molar-refractivity contribution >= 4 is 15.7 Å². The van der Waals surface area contributed by atoms with E-state index in [4.69, 9.17) is 5.73 Å².